The van der Waals surface area contributed by atoms with Crippen molar-refractivity contribution in [1.82, 2.24) is 0 Å². The Balaban J connectivity index is 0.000000626. The summed E-state index contributed by atoms with van der Waals surface area (Å²) in [5.74, 6) is -7.69. The number of carbonyl (C=O) groups is 2. The third-order valence-corrected chi connectivity index (χ3v) is 2.07. The molecule has 1 rings (SSSR count). The topological polar surface area (TPSA) is 110 Å². The highest BCUT2D eigenvalue weighted by atomic mass is 19.3. The van der Waals surface area contributed by atoms with Gasteiger partial charge >= 0.3 is 24.3 Å². The molecule has 0 fully saturated rings. The lowest BCUT2D eigenvalue weighted by Gasteiger charge is -2.16. The molecule has 4 N–H and O–H groups in total. The Morgan fingerprint density at radius 2 is 1.77 bits per heavy atom. The molecule has 0 saturated heterocycles. The van der Waals surface area contributed by atoms with Gasteiger partial charge in [-0.25, -0.2) is 18.4 Å². The van der Waals surface area contributed by atoms with Gasteiger partial charge in [0.1, 0.15) is 5.75 Å². The molecular formula is C12H13F4NO5. The first-order valence-corrected chi connectivity index (χ1v) is 5.64. The van der Waals surface area contributed by atoms with Gasteiger partial charge in [-0.3, -0.25) is 0 Å². The lowest BCUT2D eigenvalue weighted by molar-refractivity contribution is -0.159. The van der Waals surface area contributed by atoms with Crippen LogP contribution in [0, 0.1) is 0 Å². The monoisotopic (exact) mass is 327 g/mol. The van der Waals surface area contributed by atoms with E-state index < -0.39 is 30.9 Å². The molecule has 0 unspecified atom stereocenters. The fraction of sp³-hybridized carbons (Fsp3) is 0.333. The molecule has 0 saturated carbocycles. The maximum absolute atomic E-state index is 12.5. The average molecular weight is 327 g/mol. The van der Waals surface area contributed by atoms with Crippen LogP contribution in [0.15, 0.2) is 24.3 Å². The molecule has 0 radical (unpaired) electrons. The third-order valence-electron chi connectivity index (χ3n) is 2.07. The lowest BCUT2D eigenvalue weighted by atomic mass is 10.2. The smallest absolute Gasteiger partial charge is 0.414 e. The van der Waals surface area contributed by atoms with E-state index in [-0.39, 0.29) is 12.3 Å². The van der Waals surface area contributed by atoms with Crippen LogP contribution in [0.25, 0.3) is 0 Å². The first-order chi connectivity index (χ1) is 10.1. The Morgan fingerprint density at radius 3 is 2.18 bits per heavy atom. The van der Waals surface area contributed by atoms with Gasteiger partial charge in [0.05, 0.1) is 0 Å². The number of carboxylic acid groups (broad SMARTS) is 2. The van der Waals surface area contributed by atoms with Gasteiger partial charge in [0.2, 0.25) is 0 Å². The number of alkyl halides is 4. The summed E-state index contributed by atoms with van der Waals surface area (Å²) in [6.07, 6.45) is -3.73. The van der Waals surface area contributed by atoms with E-state index in [2.05, 4.69) is 4.74 Å². The van der Waals surface area contributed by atoms with E-state index in [1.165, 1.54) is 12.1 Å². The zero-order valence-corrected chi connectivity index (χ0v) is 11.0. The Bertz CT molecular complexity index is 498. The summed E-state index contributed by atoms with van der Waals surface area (Å²) in [4.78, 5) is 18.2. The minimum absolute atomic E-state index is 0.100. The summed E-state index contributed by atoms with van der Waals surface area (Å²) >= 11 is 0. The van der Waals surface area contributed by atoms with Crippen molar-refractivity contribution >= 4 is 11.9 Å². The summed E-state index contributed by atoms with van der Waals surface area (Å²) in [7, 11) is 0. The number of rotatable bonds is 5. The van der Waals surface area contributed by atoms with Gasteiger partial charge in [0.25, 0.3) is 0 Å². The van der Waals surface area contributed by atoms with Crippen LogP contribution in [0.2, 0.25) is 0 Å². The lowest BCUT2D eigenvalue weighted by Crippen LogP contribution is -2.33. The fourth-order valence-electron chi connectivity index (χ4n) is 1.00. The first-order valence-electron chi connectivity index (χ1n) is 5.64. The highest BCUT2D eigenvalue weighted by molar-refractivity contribution is 6.27. The number of carboxylic acids is 2. The van der Waals surface area contributed by atoms with Crippen molar-refractivity contribution in [2.24, 2.45) is 5.73 Å². The molecule has 1 aromatic rings. The highest BCUT2D eigenvalue weighted by Gasteiger charge is 2.41. The number of benzene rings is 1. The standard InChI is InChI=1S/C10H11F4NO.C2H2O4/c11-9(12)10(13,14)6-16-8-3-1-2-7(4-8)5-15;3-1(4)2(5)6/h1-4,9H,5-6,15H2;(H,3,4)(H,5,6). The zero-order valence-electron chi connectivity index (χ0n) is 11.0. The number of ether oxygens (including phenoxy) is 1. The van der Waals surface area contributed by atoms with Gasteiger partial charge in [0.15, 0.2) is 6.61 Å². The van der Waals surface area contributed by atoms with Crippen molar-refractivity contribution in [3.05, 3.63) is 29.8 Å². The van der Waals surface area contributed by atoms with E-state index in [9.17, 15) is 17.6 Å². The van der Waals surface area contributed by atoms with E-state index in [4.69, 9.17) is 25.5 Å². The second kappa shape index (κ2) is 8.82. The number of halogens is 4. The van der Waals surface area contributed by atoms with Crippen molar-refractivity contribution in [2.45, 2.75) is 18.9 Å². The molecule has 0 aliphatic carbocycles. The van der Waals surface area contributed by atoms with E-state index >= 15 is 0 Å². The molecule has 0 atom stereocenters. The normalized spacial score (nSPS) is 10.6. The minimum Gasteiger partial charge on any atom is -0.487 e. The Kier molecular flexibility index (Phi) is 7.88. The van der Waals surface area contributed by atoms with E-state index in [1.54, 1.807) is 12.1 Å². The van der Waals surface area contributed by atoms with Crippen LogP contribution in [-0.2, 0) is 16.1 Å². The molecule has 124 valence electrons. The number of nitrogens with two attached hydrogens (primary N) is 1. The van der Waals surface area contributed by atoms with Gasteiger partial charge in [-0.2, -0.15) is 8.78 Å². The quantitative estimate of drug-likeness (QED) is 0.559. The second-order valence-corrected chi connectivity index (χ2v) is 3.81. The molecule has 0 aromatic heterocycles. The SMILES string of the molecule is NCc1cccc(OCC(F)(F)C(F)F)c1.O=C(O)C(=O)O. The highest BCUT2D eigenvalue weighted by Crippen LogP contribution is 2.24. The summed E-state index contributed by atoms with van der Waals surface area (Å²) in [6, 6.07) is 6.07. The zero-order chi connectivity index (χ0) is 17.3. The van der Waals surface area contributed by atoms with Crippen LogP contribution in [0.3, 0.4) is 0 Å². The fourth-order valence-corrected chi connectivity index (χ4v) is 1.00. The van der Waals surface area contributed by atoms with Crippen molar-refractivity contribution in [2.75, 3.05) is 6.61 Å². The van der Waals surface area contributed by atoms with Crippen LogP contribution in [0.4, 0.5) is 17.6 Å². The molecule has 0 heterocycles. The Hall–Kier alpha value is -2.36. The first kappa shape index (κ1) is 19.6. The van der Waals surface area contributed by atoms with Gasteiger partial charge in [-0.15, -0.1) is 0 Å². The average Bonchev–Trinajstić information content (AvgIpc) is 2.46. The molecule has 0 amide bonds. The molecule has 0 spiro atoms. The van der Waals surface area contributed by atoms with Crippen LogP contribution in [0.1, 0.15) is 5.56 Å². The van der Waals surface area contributed by atoms with E-state index in [0.717, 1.165) is 0 Å². The Labute approximate surface area is 122 Å². The maximum Gasteiger partial charge on any atom is 0.414 e. The van der Waals surface area contributed by atoms with Gasteiger partial charge < -0.3 is 20.7 Å². The largest absolute Gasteiger partial charge is 0.487 e. The third kappa shape index (κ3) is 7.43. The molecule has 6 nitrogen and oxygen atoms in total. The molecule has 10 heteroatoms. The van der Waals surface area contributed by atoms with Crippen LogP contribution in [0.5, 0.6) is 5.75 Å². The second-order valence-electron chi connectivity index (χ2n) is 3.81. The molecule has 1 aromatic carbocycles. The molecular weight excluding hydrogens is 314 g/mol. The van der Waals surface area contributed by atoms with Crippen molar-refractivity contribution in [3.8, 4) is 5.75 Å². The molecule has 0 aliphatic rings. The summed E-state index contributed by atoms with van der Waals surface area (Å²) < 4.78 is 53.2. The van der Waals surface area contributed by atoms with Gasteiger partial charge in [-0.05, 0) is 17.7 Å². The van der Waals surface area contributed by atoms with E-state index in [1.807, 2.05) is 0 Å². The van der Waals surface area contributed by atoms with Crippen molar-refractivity contribution in [1.29, 1.82) is 0 Å². The van der Waals surface area contributed by atoms with Crippen LogP contribution in [-0.4, -0.2) is 41.1 Å². The predicted octanol–water partition coefficient (Wildman–Crippen LogP) is 1.58. The maximum atomic E-state index is 12.5. The number of hydrogen-bond acceptors (Lipinski definition) is 4. The number of hydrogen-bond donors (Lipinski definition) is 3. The molecule has 22 heavy (non-hydrogen) atoms. The predicted molar refractivity (Wildman–Crippen MR) is 66.1 cm³/mol. The summed E-state index contributed by atoms with van der Waals surface area (Å²) in [6.45, 7) is -1.12. The molecule has 0 aliphatic heterocycles. The number of aliphatic carboxylic acids is 2. The van der Waals surface area contributed by atoms with Gasteiger partial charge in [0, 0.05) is 6.54 Å². The van der Waals surface area contributed by atoms with E-state index in [0.29, 0.717) is 5.56 Å². The summed E-state index contributed by atoms with van der Waals surface area (Å²) in [5.41, 5.74) is 6.00. The van der Waals surface area contributed by atoms with Crippen molar-refractivity contribution in [3.63, 3.8) is 0 Å². The minimum atomic E-state index is -4.14. The van der Waals surface area contributed by atoms with Gasteiger partial charge in [-0.1, -0.05) is 12.1 Å². The molecule has 0 bridgehead atoms. The van der Waals surface area contributed by atoms with Crippen LogP contribution < -0.4 is 10.5 Å². The van der Waals surface area contributed by atoms with Crippen LogP contribution >= 0.6 is 0 Å². The van der Waals surface area contributed by atoms with Crippen molar-refractivity contribution < 1.29 is 42.1 Å². The summed E-state index contributed by atoms with van der Waals surface area (Å²) in [5, 5.41) is 14.8. The Morgan fingerprint density at radius 1 is 1.23 bits per heavy atom.